The summed E-state index contributed by atoms with van der Waals surface area (Å²) in [5, 5.41) is 0. The molecule has 2 rings (SSSR count). The summed E-state index contributed by atoms with van der Waals surface area (Å²) in [7, 11) is -2.50. The molecule has 0 atom stereocenters. The summed E-state index contributed by atoms with van der Waals surface area (Å²) in [4.78, 5) is -0.334. The zero-order valence-electron chi connectivity index (χ0n) is 11.1. The SMILES string of the molecule is CC(C)(NS(=O)(=O)c1cccc(S(=O)(=O)Cl)c1)C1CC1. The summed E-state index contributed by atoms with van der Waals surface area (Å²) in [6, 6.07) is 5.02. The summed E-state index contributed by atoms with van der Waals surface area (Å²) < 4.78 is 49.8. The molecule has 1 aliphatic rings. The van der Waals surface area contributed by atoms with Crippen LogP contribution in [0.1, 0.15) is 26.7 Å². The van der Waals surface area contributed by atoms with Crippen LogP contribution in [0.2, 0.25) is 0 Å². The van der Waals surface area contributed by atoms with Gasteiger partial charge in [0.25, 0.3) is 9.05 Å². The molecular formula is C12H16ClNO4S2. The zero-order chi connectivity index (χ0) is 15.2. The number of hydrogen-bond donors (Lipinski definition) is 1. The Bertz CT molecular complexity index is 722. The molecule has 0 amide bonds. The molecule has 20 heavy (non-hydrogen) atoms. The fourth-order valence-corrected chi connectivity index (χ4v) is 4.47. The van der Waals surface area contributed by atoms with Crippen LogP contribution in [0.3, 0.4) is 0 Å². The van der Waals surface area contributed by atoms with Crippen molar-refractivity contribution >= 4 is 29.8 Å². The fourth-order valence-electron chi connectivity index (χ4n) is 2.09. The molecule has 1 saturated carbocycles. The van der Waals surface area contributed by atoms with Gasteiger partial charge in [0, 0.05) is 16.2 Å². The van der Waals surface area contributed by atoms with Gasteiger partial charge >= 0.3 is 0 Å². The minimum atomic E-state index is -3.95. The van der Waals surface area contributed by atoms with Crippen LogP contribution < -0.4 is 4.72 Å². The third-order valence-corrected chi connectivity index (χ3v) is 6.41. The van der Waals surface area contributed by atoms with Crippen LogP contribution in [0, 0.1) is 5.92 Å². The fraction of sp³-hybridized carbons (Fsp3) is 0.500. The molecule has 8 heteroatoms. The molecule has 0 unspecified atom stereocenters. The third-order valence-electron chi connectivity index (χ3n) is 3.39. The number of benzene rings is 1. The second kappa shape index (κ2) is 4.98. The monoisotopic (exact) mass is 337 g/mol. The van der Waals surface area contributed by atoms with Gasteiger partial charge in [0.15, 0.2) is 0 Å². The first-order chi connectivity index (χ1) is 9.02. The van der Waals surface area contributed by atoms with Gasteiger partial charge < -0.3 is 0 Å². The van der Waals surface area contributed by atoms with Crippen molar-refractivity contribution in [3.8, 4) is 0 Å². The van der Waals surface area contributed by atoms with Crippen LogP contribution >= 0.6 is 10.7 Å². The molecule has 0 heterocycles. The van der Waals surface area contributed by atoms with Crippen LogP contribution in [0.25, 0.3) is 0 Å². The van der Waals surface area contributed by atoms with Crippen molar-refractivity contribution in [2.75, 3.05) is 0 Å². The summed E-state index contributed by atoms with van der Waals surface area (Å²) in [6.07, 6.45) is 1.98. The second-order valence-electron chi connectivity index (χ2n) is 5.51. The summed E-state index contributed by atoms with van der Waals surface area (Å²) in [5.41, 5.74) is -0.547. The largest absolute Gasteiger partial charge is 0.261 e. The number of sulfonamides is 1. The molecule has 112 valence electrons. The Labute approximate surface area is 123 Å². The van der Waals surface area contributed by atoms with Crippen LogP contribution in [0.5, 0.6) is 0 Å². The van der Waals surface area contributed by atoms with Gasteiger partial charge in [-0.3, -0.25) is 0 Å². The number of nitrogens with one attached hydrogen (secondary N) is 1. The first kappa shape index (κ1) is 15.8. The maximum Gasteiger partial charge on any atom is 0.261 e. The van der Waals surface area contributed by atoms with E-state index in [1.807, 2.05) is 13.8 Å². The Morgan fingerprint density at radius 1 is 1.15 bits per heavy atom. The van der Waals surface area contributed by atoms with E-state index in [0.717, 1.165) is 18.9 Å². The maximum absolute atomic E-state index is 12.3. The van der Waals surface area contributed by atoms with E-state index in [9.17, 15) is 16.8 Å². The van der Waals surface area contributed by atoms with Crippen LogP contribution in [-0.4, -0.2) is 22.4 Å². The minimum Gasteiger partial charge on any atom is -0.207 e. The van der Waals surface area contributed by atoms with Gasteiger partial charge in [0.05, 0.1) is 9.79 Å². The number of hydrogen-bond acceptors (Lipinski definition) is 4. The highest BCUT2D eigenvalue weighted by Crippen LogP contribution is 2.40. The first-order valence-electron chi connectivity index (χ1n) is 6.11. The number of halogens is 1. The molecule has 0 bridgehead atoms. The van der Waals surface area contributed by atoms with E-state index in [4.69, 9.17) is 10.7 Å². The Balaban J connectivity index is 2.35. The lowest BCUT2D eigenvalue weighted by atomic mass is 10.0. The van der Waals surface area contributed by atoms with Gasteiger partial charge in [0.2, 0.25) is 10.0 Å². The highest BCUT2D eigenvalue weighted by atomic mass is 35.7. The molecule has 1 fully saturated rings. The van der Waals surface area contributed by atoms with Gasteiger partial charge in [-0.15, -0.1) is 0 Å². The average Bonchev–Trinajstić information content (AvgIpc) is 3.10. The van der Waals surface area contributed by atoms with E-state index < -0.39 is 24.6 Å². The molecule has 5 nitrogen and oxygen atoms in total. The van der Waals surface area contributed by atoms with Crippen molar-refractivity contribution < 1.29 is 16.8 Å². The minimum absolute atomic E-state index is 0.104. The molecule has 1 aliphatic carbocycles. The second-order valence-corrected chi connectivity index (χ2v) is 9.76. The van der Waals surface area contributed by atoms with Gasteiger partial charge in [-0.25, -0.2) is 21.6 Å². The molecule has 0 saturated heterocycles. The quantitative estimate of drug-likeness (QED) is 0.834. The molecule has 0 aliphatic heterocycles. The first-order valence-corrected chi connectivity index (χ1v) is 9.90. The Morgan fingerprint density at radius 2 is 1.70 bits per heavy atom. The Kier molecular flexibility index (Phi) is 3.92. The van der Waals surface area contributed by atoms with Crippen molar-refractivity contribution in [3.63, 3.8) is 0 Å². The Hall–Kier alpha value is -0.630. The van der Waals surface area contributed by atoms with Crippen molar-refractivity contribution in [1.82, 2.24) is 4.72 Å². The maximum atomic E-state index is 12.3. The third kappa shape index (κ3) is 3.52. The zero-order valence-corrected chi connectivity index (χ0v) is 13.5. The van der Waals surface area contributed by atoms with E-state index >= 15 is 0 Å². The summed E-state index contributed by atoms with van der Waals surface area (Å²) in [5.74, 6) is 0.317. The smallest absolute Gasteiger partial charge is 0.207 e. The van der Waals surface area contributed by atoms with Crippen LogP contribution in [0.4, 0.5) is 0 Å². The molecule has 0 spiro atoms. The normalized spacial score (nSPS) is 17.1. The van der Waals surface area contributed by atoms with E-state index in [2.05, 4.69) is 4.72 Å². The van der Waals surface area contributed by atoms with E-state index in [1.54, 1.807) is 0 Å². The lowest BCUT2D eigenvalue weighted by Gasteiger charge is -2.25. The van der Waals surface area contributed by atoms with Crippen molar-refractivity contribution in [3.05, 3.63) is 24.3 Å². The van der Waals surface area contributed by atoms with Gasteiger partial charge in [-0.05, 0) is 50.8 Å². The van der Waals surface area contributed by atoms with Crippen molar-refractivity contribution in [1.29, 1.82) is 0 Å². The van der Waals surface area contributed by atoms with Crippen LogP contribution in [0.15, 0.2) is 34.1 Å². The van der Waals surface area contributed by atoms with Gasteiger partial charge in [-0.1, -0.05) is 6.07 Å². The van der Waals surface area contributed by atoms with E-state index in [0.29, 0.717) is 5.92 Å². The molecular weight excluding hydrogens is 322 g/mol. The summed E-state index contributed by atoms with van der Waals surface area (Å²) >= 11 is 0. The van der Waals surface area contributed by atoms with E-state index in [1.165, 1.54) is 18.2 Å². The van der Waals surface area contributed by atoms with E-state index in [-0.39, 0.29) is 9.79 Å². The lowest BCUT2D eigenvalue weighted by Crippen LogP contribution is -2.45. The Morgan fingerprint density at radius 3 is 2.20 bits per heavy atom. The van der Waals surface area contributed by atoms with Gasteiger partial charge in [-0.2, -0.15) is 0 Å². The van der Waals surface area contributed by atoms with Crippen LogP contribution in [-0.2, 0) is 19.1 Å². The predicted molar refractivity (Wildman–Crippen MR) is 76.6 cm³/mol. The lowest BCUT2D eigenvalue weighted by molar-refractivity contribution is 0.400. The molecule has 0 radical (unpaired) electrons. The molecule has 0 aromatic heterocycles. The highest BCUT2D eigenvalue weighted by Gasteiger charge is 2.40. The average molecular weight is 338 g/mol. The topological polar surface area (TPSA) is 80.3 Å². The number of rotatable bonds is 5. The predicted octanol–water partition coefficient (Wildman–Crippen LogP) is 2.08. The standard InChI is InChI=1S/C12H16ClNO4S2/c1-12(2,9-6-7-9)14-20(17,18)11-5-3-4-10(8-11)19(13,15)16/h3-5,8-9,14H,6-7H2,1-2H3. The van der Waals surface area contributed by atoms with Crippen molar-refractivity contribution in [2.24, 2.45) is 5.92 Å². The molecule has 1 aromatic carbocycles. The van der Waals surface area contributed by atoms with Gasteiger partial charge in [0.1, 0.15) is 0 Å². The highest BCUT2D eigenvalue weighted by molar-refractivity contribution is 8.13. The molecule has 1 aromatic rings. The van der Waals surface area contributed by atoms with Crippen molar-refractivity contribution in [2.45, 2.75) is 42.0 Å². The molecule has 1 N–H and O–H groups in total. The summed E-state index contributed by atoms with van der Waals surface area (Å²) in [6.45, 7) is 3.65.